The van der Waals surface area contributed by atoms with Crippen LogP contribution >= 0.6 is 0 Å². The summed E-state index contributed by atoms with van der Waals surface area (Å²) in [6, 6.07) is 16.0. The van der Waals surface area contributed by atoms with Gasteiger partial charge in [-0.15, -0.1) is 0 Å². The molecule has 0 aliphatic carbocycles. The smallest absolute Gasteiger partial charge is 0.134 e. The fourth-order valence-electron chi connectivity index (χ4n) is 3.62. The van der Waals surface area contributed by atoms with Gasteiger partial charge < -0.3 is 14.7 Å². The van der Waals surface area contributed by atoms with Crippen LogP contribution in [0.4, 0.5) is 5.69 Å². The van der Waals surface area contributed by atoms with Crippen molar-refractivity contribution in [3.63, 3.8) is 0 Å². The molecule has 2 aromatic rings. The normalized spacial score (nSPS) is 16.0. The lowest BCUT2D eigenvalue weighted by Crippen LogP contribution is -2.49. The minimum atomic E-state index is -0.526. The summed E-state index contributed by atoms with van der Waals surface area (Å²) in [5.74, 6) is 0.863. The van der Waals surface area contributed by atoms with Gasteiger partial charge in [0.2, 0.25) is 0 Å². The molecule has 1 saturated heterocycles. The van der Waals surface area contributed by atoms with Crippen LogP contribution in [-0.4, -0.2) is 61.2 Å². The number of hydrogen-bond acceptors (Lipinski definition) is 5. The highest BCUT2D eigenvalue weighted by Crippen LogP contribution is 2.21. The zero-order valence-electron chi connectivity index (χ0n) is 16.8. The van der Waals surface area contributed by atoms with Gasteiger partial charge in [-0.1, -0.05) is 30.3 Å². The first-order chi connectivity index (χ1) is 13.5. The van der Waals surface area contributed by atoms with E-state index in [1.807, 2.05) is 24.3 Å². The highest BCUT2D eigenvalue weighted by atomic mass is 16.5. The summed E-state index contributed by atoms with van der Waals surface area (Å²) < 4.78 is 5.70. The van der Waals surface area contributed by atoms with Crippen molar-refractivity contribution in [3.05, 3.63) is 59.7 Å². The first-order valence-corrected chi connectivity index (χ1v) is 9.93. The highest BCUT2D eigenvalue weighted by Gasteiger charge is 2.20. The number of ether oxygens (including phenoxy) is 1. The van der Waals surface area contributed by atoms with Gasteiger partial charge in [0.25, 0.3) is 0 Å². The van der Waals surface area contributed by atoms with Gasteiger partial charge in [0.15, 0.2) is 0 Å². The van der Waals surface area contributed by atoms with Gasteiger partial charge in [0.05, 0.1) is 0 Å². The molecule has 1 N–H and O–H groups in total. The number of ketones is 1. The fraction of sp³-hybridized carbons (Fsp3) is 0.435. The Labute approximate surface area is 167 Å². The monoisotopic (exact) mass is 382 g/mol. The van der Waals surface area contributed by atoms with Crippen LogP contribution in [-0.2, 0) is 11.2 Å². The molecule has 5 nitrogen and oxygen atoms in total. The van der Waals surface area contributed by atoms with Gasteiger partial charge in [-0.3, -0.25) is 9.69 Å². The van der Waals surface area contributed by atoms with Crippen LogP contribution in [0.1, 0.15) is 18.1 Å². The number of anilines is 1. The number of benzene rings is 2. The van der Waals surface area contributed by atoms with E-state index < -0.39 is 6.10 Å². The zero-order chi connectivity index (χ0) is 19.9. The number of carbonyl (C=O) groups excluding carboxylic acids is 1. The number of aryl methyl sites for hydroxylation is 1. The lowest BCUT2D eigenvalue weighted by Gasteiger charge is -2.37. The molecule has 3 rings (SSSR count). The molecule has 150 valence electrons. The molecule has 0 bridgehead atoms. The summed E-state index contributed by atoms with van der Waals surface area (Å²) in [7, 11) is 0. The largest absolute Gasteiger partial charge is 0.491 e. The Morgan fingerprint density at radius 3 is 2.39 bits per heavy atom. The summed E-state index contributed by atoms with van der Waals surface area (Å²) in [4.78, 5) is 15.9. The Morgan fingerprint density at radius 1 is 1.07 bits per heavy atom. The Hall–Kier alpha value is -2.37. The molecule has 0 saturated carbocycles. The number of β-amino-alcohol motifs (C(OH)–C–C–N with tert-alkyl or cyclic N) is 1. The molecule has 1 aliphatic rings. The average molecular weight is 383 g/mol. The number of hydrogen-bond donors (Lipinski definition) is 1. The third-order valence-electron chi connectivity index (χ3n) is 5.12. The predicted octanol–water partition coefficient (Wildman–Crippen LogP) is 2.69. The molecule has 0 amide bonds. The average Bonchev–Trinajstić information content (AvgIpc) is 2.68. The van der Waals surface area contributed by atoms with Crippen LogP contribution in [0, 0.1) is 6.92 Å². The van der Waals surface area contributed by atoms with E-state index in [2.05, 4.69) is 41.0 Å². The van der Waals surface area contributed by atoms with E-state index in [-0.39, 0.29) is 12.4 Å². The van der Waals surface area contributed by atoms with Crippen molar-refractivity contribution in [2.45, 2.75) is 26.4 Å². The molecule has 1 fully saturated rings. The number of Topliss-reactive ketones (excluding diaryl/α,β-unsaturated/α-hetero) is 1. The van der Waals surface area contributed by atoms with E-state index in [0.717, 1.165) is 37.5 Å². The van der Waals surface area contributed by atoms with Crippen molar-refractivity contribution in [2.75, 3.05) is 44.2 Å². The number of rotatable bonds is 8. The molecule has 2 aromatic carbocycles. The molecule has 1 unspecified atom stereocenters. The van der Waals surface area contributed by atoms with Crippen molar-refractivity contribution in [3.8, 4) is 5.75 Å². The van der Waals surface area contributed by atoms with Crippen LogP contribution < -0.4 is 9.64 Å². The van der Waals surface area contributed by atoms with Crippen molar-refractivity contribution >= 4 is 11.5 Å². The lowest BCUT2D eigenvalue weighted by molar-refractivity contribution is -0.116. The molecule has 1 atom stereocenters. The second-order valence-electron chi connectivity index (χ2n) is 7.56. The molecule has 0 radical (unpaired) electrons. The van der Waals surface area contributed by atoms with Crippen LogP contribution in [0.5, 0.6) is 5.75 Å². The van der Waals surface area contributed by atoms with Crippen molar-refractivity contribution in [1.82, 2.24) is 4.90 Å². The van der Waals surface area contributed by atoms with E-state index in [1.165, 1.54) is 11.3 Å². The first-order valence-electron chi connectivity index (χ1n) is 9.93. The Morgan fingerprint density at radius 2 is 1.75 bits per heavy atom. The summed E-state index contributed by atoms with van der Waals surface area (Å²) in [6.45, 7) is 8.42. The summed E-state index contributed by atoms with van der Waals surface area (Å²) in [5.41, 5.74) is 3.59. The number of nitrogens with zero attached hydrogens (tertiary/aromatic N) is 2. The van der Waals surface area contributed by atoms with Crippen LogP contribution in [0.15, 0.2) is 48.5 Å². The van der Waals surface area contributed by atoms with Gasteiger partial charge in [0.1, 0.15) is 24.2 Å². The minimum Gasteiger partial charge on any atom is -0.491 e. The van der Waals surface area contributed by atoms with Crippen LogP contribution in [0.2, 0.25) is 0 Å². The topological polar surface area (TPSA) is 53.0 Å². The van der Waals surface area contributed by atoms with Gasteiger partial charge in [-0.05, 0) is 43.2 Å². The Balaban J connectivity index is 1.40. The summed E-state index contributed by atoms with van der Waals surface area (Å²) >= 11 is 0. The number of carbonyl (C=O) groups is 1. The molecule has 1 aliphatic heterocycles. The maximum absolute atomic E-state index is 11.1. The molecule has 5 heteroatoms. The minimum absolute atomic E-state index is 0.145. The van der Waals surface area contributed by atoms with Gasteiger partial charge >= 0.3 is 0 Å². The highest BCUT2D eigenvalue weighted by molar-refractivity contribution is 5.78. The third kappa shape index (κ3) is 5.81. The Bertz CT molecular complexity index is 768. The number of piperazine rings is 1. The Kier molecular flexibility index (Phi) is 7.06. The summed E-state index contributed by atoms with van der Waals surface area (Å²) in [6.07, 6.45) is -0.0842. The summed E-state index contributed by atoms with van der Waals surface area (Å²) in [5, 5.41) is 10.3. The van der Waals surface area contributed by atoms with E-state index in [1.54, 1.807) is 6.92 Å². The quantitative estimate of drug-likeness (QED) is 0.761. The molecular formula is C23H30N2O3. The molecule has 1 heterocycles. The van der Waals surface area contributed by atoms with Crippen molar-refractivity contribution < 1.29 is 14.6 Å². The second-order valence-corrected chi connectivity index (χ2v) is 7.56. The molecule has 0 spiro atoms. The fourth-order valence-corrected chi connectivity index (χ4v) is 3.62. The maximum atomic E-state index is 11.1. The van der Waals surface area contributed by atoms with Gasteiger partial charge in [-0.25, -0.2) is 0 Å². The van der Waals surface area contributed by atoms with E-state index in [4.69, 9.17) is 4.74 Å². The predicted molar refractivity (Wildman–Crippen MR) is 112 cm³/mol. The number of para-hydroxylation sites is 1. The number of aliphatic hydroxyl groups excluding tert-OH is 1. The molecule has 28 heavy (non-hydrogen) atoms. The SMILES string of the molecule is CC(=O)Cc1ccc(OCC(O)CN2CCN(c3ccccc3C)CC2)cc1. The third-order valence-corrected chi connectivity index (χ3v) is 5.12. The lowest BCUT2D eigenvalue weighted by atomic mass is 10.1. The van der Waals surface area contributed by atoms with Crippen LogP contribution in [0.25, 0.3) is 0 Å². The van der Waals surface area contributed by atoms with Crippen molar-refractivity contribution in [1.29, 1.82) is 0 Å². The molecule has 0 aromatic heterocycles. The molecular weight excluding hydrogens is 352 g/mol. The van der Waals surface area contributed by atoms with Gasteiger partial charge in [0, 0.05) is 44.8 Å². The van der Waals surface area contributed by atoms with Crippen LogP contribution in [0.3, 0.4) is 0 Å². The first kappa shape index (κ1) is 20.4. The standard InChI is InChI=1S/C23H30N2O3/c1-18-5-3-4-6-23(18)25-13-11-24(12-14-25)16-21(27)17-28-22-9-7-20(8-10-22)15-19(2)26/h3-10,21,27H,11-17H2,1-2H3. The number of aliphatic hydroxyl groups is 1. The van der Waals surface area contributed by atoms with E-state index >= 15 is 0 Å². The van der Waals surface area contributed by atoms with E-state index in [9.17, 15) is 9.90 Å². The maximum Gasteiger partial charge on any atom is 0.134 e. The van der Waals surface area contributed by atoms with Crippen molar-refractivity contribution in [2.24, 2.45) is 0 Å². The van der Waals surface area contributed by atoms with Gasteiger partial charge in [-0.2, -0.15) is 0 Å². The van der Waals surface area contributed by atoms with E-state index in [0.29, 0.717) is 13.0 Å². The zero-order valence-corrected chi connectivity index (χ0v) is 16.8. The second kappa shape index (κ2) is 9.71.